The van der Waals surface area contributed by atoms with Crippen molar-refractivity contribution in [2.24, 2.45) is 5.41 Å². The summed E-state index contributed by atoms with van der Waals surface area (Å²) in [4.78, 5) is 0. The summed E-state index contributed by atoms with van der Waals surface area (Å²) >= 11 is 7.00. The predicted molar refractivity (Wildman–Crippen MR) is 164 cm³/mol. The van der Waals surface area contributed by atoms with Crippen LogP contribution in [0.3, 0.4) is 0 Å². The topological polar surface area (TPSA) is 18.5 Å². The second-order valence-corrected chi connectivity index (χ2v) is 11.5. The van der Waals surface area contributed by atoms with Gasteiger partial charge in [-0.25, -0.2) is 0 Å². The molecule has 0 saturated carbocycles. The number of halogens is 2. The normalized spacial score (nSPS) is 10.9. The zero-order valence-electron chi connectivity index (χ0n) is 22.6. The van der Waals surface area contributed by atoms with E-state index >= 15 is 0 Å². The minimum atomic E-state index is -0.264. The van der Waals surface area contributed by atoms with Crippen molar-refractivity contribution in [2.75, 3.05) is 26.4 Å². The molecule has 200 valence electrons. The molecule has 0 radical (unpaired) electrons. The van der Waals surface area contributed by atoms with Gasteiger partial charge in [-0.3, -0.25) is 0 Å². The molecule has 0 aliphatic rings. The van der Waals surface area contributed by atoms with Gasteiger partial charge in [0, 0.05) is 51.5 Å². The Kier molecular flexibility index (Phi) is 16.7. The van der Waals surface area contributed by atoms with Crippen molar-refractivity contribution in [3.8, 4) is 23.7 Å². The molecule has 0 heterocycles. The fourth-order valence-electron chi connectivity index (χ4n) is 3.88. The van der Waals surface area contributed by atoms with Crippen molar-refractivity contribution in [1.29, 1.82) is 0 Å². The van der Waals surface area contributed by atoms with Crippen molar-refractivity contribution in [3.63, 3.8) is 0 Å². The molecule has 0 fully saturated rings. The van der Waals surface area contributed by atoms with Gasteiger partial charge in [-0.05, 0) is 61.4 Å². The number of rotatable bonds is 16. The van der Waals surface area contributed by atoms with Crippen LogP contribution in [-0.4, -0.2) is 26.4 Å². The summed E-state index contributed by atoms with van der Waals surface area (Å²) in [5, 5.41) is 0. The van der Waals surface area contributed by atoms with Crippen LogP contribution >= 0.6 is 31.9 Å². The highest BCUT2D eigenvalue weighted by atomic mass is 79.9. The Morgan fingerprint density at radius 2 is 1.00 bits per heavy atom. The van der Waals surface area contributed by atoms with E-state index in [4.69, 9.17) is 9.47 Å². The van der Waals surface area contributed by atoms with Gasteiger partial charge in [-0.2, -0.15) is 0 Å². The standard InChI is InChI=1S/C33H42Br2O2/c1-3-5-7-9-25-36-27-33(28-37-26-10-8-6-4-2,23-11-13-29-15-19-31(34)20-16-29)24-12-14-30-17-21-32(35)22-18-30/h15-22H,3-10,23-28H2,1-2H3. The molecule has 2 aromatic rings. The van der Waals surface area contributed by atoms with Crippen LogP contribution in [0.2, 0.25) is 0 Å². The minimum Gasteiger partial charge on any atom is -0.381 e. The average Bonchev–Trinajstić information content (AvgIpc) is 2.90. The van der Waals surface area contributed by atoms with Crippen molar-refractivity contribution in [3.05, 3.63) is 68.6 Å². The van der Waals surface area contributed by atoms with Crippen LogP contribution in [0.15, 0.2) is 57.5 Å². The Labute approximate surface area is 242 Å². The van der Waals surface area contributed by atoms with E-state index in [2.05, 4.69) is 69.4 Å². The van der Waals surface area contributed by atoms with Gasteiger partial charge >= 0.3 is 0 Å². The van der Waals surface area contributed by atoms with Crippen LogP contribution in [0.1, 0.15) is 89.2 Å². The van der Waals surface area contributed by atoms with Gasteiger partial charge in [-0.15, -0.1) is 0 Å². The van der Waals surface area contributed by atoms with Gasteiger partial charge in [0.25, 0.3) is 0 Å². The van der Waals surface area contributed by atoms with Crippen LogP contribution in [0.5, 0.6) is 0 Å². The summed E-state index contributed by atoms with van der Waals surface area (Å²) in [5.41, 5.74) is 1.76. The van der Waals surface area contributed by atoms with Crippen LogP contribution in [-0.2, 0) is 9.47 Å². The molecule has 0 N–H and O–H groups in total. The Bertz CT molecular complexity index is 908. The molecule has 0 aliphatic carbocycles. The fraction of sp³-hybridized carbons (Fsp3) is 0.515. The summed E-state index contributed by atoms with van der Waals surface area (Å²) < 4.78 is 14.6. The highest BCUT2D eigenvalue weighted by Gasteiger charge is 2.30. The zero-order chi connectivity index (χ0) is 26.6. The van der Waals surface area contributed by atoms with Gasteiger partial charge in [0.15, 0.2) is 0 Å². The molecule has 0 aromatic heterocycles. The van der Waals surface area contributed by atoms with E-state index in [1.807, 2.05) is 48.5 Å². The molecule has 2 nitrogen and oxygen atoms in total. The Morgan fingerprint density at radius 3 is 1.38 bits per heavy atom. The third-order valence-corrected chi connectivity index (χ3v) is 7.24. The number of ether oxygens (including phenoxy) is 2. The van der Waals surface area contributed by atoms with Gasteiger partial charge in [0.05, 0.1) is 13.2 Å². The van der Waals surface area contributed by atoms with Crippen LogP contribution in [0.4, 0.5) is 0 Å². The quantitative estimate of drug-likeness (QED) is 0.136. The predicted octanol–water partition coefficient (Wildman–Crippen LogP) is 9.58. The summed E-state index contributed by atoms with van der Waals surface area (Å²) in [5.74, 6) is 13.6. The monoisotopic (exact) mass is 628 g/mol. The molecule has 0 amide bonds. The first-order valence-corrected chi connectivity index (χ1v) is 15.3. The molecule has 2 rings (SSSR count). The maximum Gasteiger partial charge on any atom is 0.0562 e. The number of hydrogen-bond acceptors (Lipinski definition) is 2. The maximum atomic E-state index is 6.25. The lowest BCUT2D eigenvalue weighted by Gasteiger charge is -2.30. The molecule has 0 atom stereocenters. The first kappa shape index (κ1) is 31.7. The molecule has 0 saturated heterocycles. The Morgan fingerprint density at radius 1 is 0.595 bits per heavy atom. The van der Waals surface area contributed by atoms with Crippen molar-refractivity contribution < 1.29 is 9.47 Å². The first-order valence-electron chi connectivity index (χ1n) is 13.7. The maximum absolute atomic E-state index is 6.25. The van der Waals surface area contributed by atoms with Gasteiger partial charge in [0.1, 0.15) is 0 Å². The van der Waals surface area contributed by atoms with E-state index in [0.29, 0.717) is 26.1 Å². The van der Waals surface area contributed by atoms with Crippen molar-refractivity contribution in [1.82, 2.24) is 0 Å². The van der Waals surface area contributed by atoms with E-state index in [1.165, 1.54) is 38.5 Å². The largest absolute Gasteiger partial charge is 0.381 e. The Hall–Kier alpha value is -1.56. The lowest BCUT2D eigenvalue weighted by atomic mass is 9.82. The first-order chi connectivity index (χ1) is 18.1. The highest BCUT2D eigenvalue weighted by molar-refractivity contribution is 9.10. The van der Waals surface area contributed by atoms with E-state index < -0.39 is 0 Å². The fourth-order valence-corrected chi connectivity index (χ4v) is 4.41. The van der Waals surface area contributed by atoms with Gasteiger partial charge in [-0.1, -0.05) is 108 Å². The van der Waals surface area contributed by atoms with E-state index in [-0.39, 0.29) is 5.41 Å². The molecule has 37 heavy (non-hydrogen) atoms. The number of hydrogen-bond donors (Lipinski definition) is 0. The van der Waals surface area contributed by atoms with Crippen LogP contribution in [0.25, 0.3) is 0 Å². The minimum absolute atomic E-state index is 0.264. The smallest absolute Gasteiger partial charge is 0.0562 e. The SMILES string of the molecule is CCCCCCOCC(CC#Cc1ccc(Br)cc1)(CC#Cc1ccc(Br)cc1)COCCCCCC. The van der Waals surface area contributed by atoms with E-state index in [0.717, 1.165) is 46.1 Å². The molecule has 0 unspecified atom stereocenters. The molecule has 2 aromatic carbocycles. The van der Waals surface area contributed by atoms with Crippen molar-refractivity contribution >= 4 is 31.9 Å². The number of unbranched alkanes of at least 4 members (excludes halogenated alkanes) is 6. The average molecular weight is 631 g/mol. The number of benzene rings is 2. The summed E-state index contributed by atoms with van der Waals surface area (Å²) in [6.07, 6.45) is 11.0. The third kappa shape index (κ3) is 14.2. The van der Waals surface area contributed by atoms with Crippen molar-refractivity contribution in [2.45, 2.75) is 78.1 Å². The zero-order valence-corrected chi connectivity index (χ0v) is 25.8. The highest BCUT2D eigenvalue weighted by Crippen LogP contribution is 2.28. The van der Waals surface area contributed by atoms with E-state index in [9.17, 15) is 0 Å². The summed E-state index contributed by atoms with van der Waals surface area (Å²) in [7, 11) is 0. The second-order valence-electron chi connectivity index (χ2n) is 9.70. The molecule has 4 heteroatoms. The molecular weight excluding hydrogens is 588 g/mol. The molecule has 0 aliphatic heterocycles. The van der Waals surface area contributed by atoms with Gasteiger partial charge < -0.3 is 9.47 Å². The Balaban J connectivity index is 2.16. The van der Waals surface area contributed by atoms with Crippen LogP contribution in [0, 0.1) is 29.1 Å². The molecule has 0 bridgehead atoms. The van der Waals surface area contributed by atoms with E-state index in [1.54, 1.807) is 0 Å². The summed E-state index contributed by atoms with van der Waals surface area (Å²) in [6, 6.07) is 16.3. The lowest BCUT2D eigenvalue weighted by molar-refractivity contribution is -0.0195. The molecule has 0 spiro atoms. The van der Waals surface area contributed by atoms with Crippen LogP contribution < -0.4 is 0 Å². The third-order valence-electron chi connectivity index (χ3n) is 6.18. The lowest BCUT2D eigenvalue weighted by Crippen LogP contribution is -2.32. The van der Waals surface area contributed by atoms with Gasteiger partial charge in [0.2, 0.25) is 0 Å². The second kappa shape index (κ2) is 19.5. The summed E-state index contributed by atoms with van der Waals surface area (Å²) in [6.45, 7) is 7.24. The molecular formula is C33H42Br2O2.